The number of hydrogen-bond donors (Lipinski definition) is 0. The first kappa shape index (κ1) is 21.7. The van der Waals surface area contributed by atoms with Crippen molar-refractivity contribution in [2.45, 2.75) is 13.2 Å². The van der Waals surface area contributed by atoms with Crippen molar-refractivity contribution in [1.29, 1.82) is 0 Å². The molecule has 32 heavy (non-hydrogen) atoms. The van der Waals surface area contributed by atoms with Crippen LogP contribution in [0, 0.1) is 10.1 Å². The molecular formula is C24H18N2O4S2. The molecule has 0 aromatic heterocycles. The van der Waals surface area contributed by atoms with Crippen molar-refractivity contribution in [2.24, 2.45) is 0 Å². The van der Waals surface area contributed by atoms with Crippen molar-refractivity contribution >= 4 is 46.0 Å². The van der Waals surface area contributed by atoms with Gasteiger partial charge in [0.25, 0.3) is 11.6 Å². The summed E-state index contributed by atoms with van der Waals surface area (Å²) in [6.45, 7) is 0.502. The summed E-state index contributed by atoms with van der Waals surface area (Å²) < 4.78 is 6.30. The third-order valence-corrected chi connectivity index (χ3v) is 6.17. The zero-order valence-electron chi connectivity index (χ0n) is 16.8. The quantitative estimate of drug-likeness (QED) is 0.198. The van der Waals surface area contributed by atoms with Gasteiger partial charge in [0.1, 0.15) is 16.7 Å². The molecule has 0 aliphatic carbocycles. The summed E-state index contributed by atoms with van der Waals surface area (Å²) in [6.07, 6.45) is 1.78. The molecule has 0 unspecified atom stereocenters. The van der Waals surface area contributed by atoms with E-state index in [9.17, 15) is 14.9 Å². The monoisotopic (exact) mass is 462 g/mol. The first-order valence-corrected chi connectivity index (χ1v) is 11.0. The molecule has 0 N–H and O–H groups in total. The Balaban J connectivity index is 1.47. The fourth-order valence-corrected chi connectivity index (χ4v) is 4.47. The molecule has 1 saturated heterocycles. The summed E-state index contributed by atoms with van der Waals surface area (Å²) in [5, 5.41) is 11.2. The third-order valence-electron chi connectivity index (χ3n) is 4.80. The van der Waals surface area contributed by atoms with Crippen LogP contribution in [0.15, 0.2) is 83.8 Å². The molecule has 4 rings (SSSR count). The van der Waals surface area contributed by atoms with Gasteiger partial charge in [0, 0.05) is 6.07 Å². The SMILES string of the molecule is O=C1/C(=C/c2cccc(OCc3ccccc3[N+](=O)[O-])c2)SC(=S)N1Cc1ccccc1. The van der Waals surface area contributed by atoms with Gasteiger partial charge in [0.2, 0.25) is 0 Å². The predicted molar refractivity (Wildman–Crippen MR) is 129 cm³/mol. The van der Waals surface area contributed by atoms with Gasteiger partial charge in [-0.05, 0) is 35.4 Å². The average molecular weight is 463 g/mol. The van der Waals surface area contributed by atoms with E-state index >= 15 is 0 Å². The molecule has 1 aliphatic rings. The number of thioether (sulfide) groups is 1. The number of benzene rings is 3. The Labute approximate surface area is 194 Å². The average Bonchev–Trinajstić information content (AvgIpc) is 3.06. The molecule has 0 spiro atoms. The fraction of sp³-hybridized carbons (Fsp3) is 0.0833. The van der Waals surface area contributed by atoms with Gasteiger partial charge in [-0.1, -0.05) is 78.6 Å². The van der Waals surface area contributed by atoms with Crippen LogP contribution in [-0.4, -0.2) is 20.1 Å². The van der Waals surface area contributed by atoms with Crippen molar-refractivity contribution in [3.8, 4) is 5.75 Å². The summed E-state index contributed by atoms with van der Waals surface area (Å²) in [7, 11) is 0. The van der Waals surface area contributed by atoms with Gasteiger partial charge in [0.05, 0.1) is 21.9 Å². The third kappa shape index (κ3) is 5.04. The maximum absolute atomic E-state index is 12.9. The maximum Gasteiger partial charge on any atom is 0.276 e. The molecule has 1 amide bonds. The topological polar surface area (TPSA) is 72.7 Å². The second kappa shape index (κ2) is 9.76. The Hall–Kier alpha value is -3.49. The summed E-state index contributed by atoms with van der Waals surface area (Å²) in [6, 6.07) is 23.4. The van der Waals surface area contributed by atoms with E-state index in [4.69, 9.17) is 17.0 Å². The number of thiocarbonyl (C=S) groups is 1. The first-order valence-electron chi connectivity index (χ1n) is 9.76. The predicted octanol–water partition coefficient (Wildman–Crippen LogP) is 5.58. The fourth-order valence-electron chi connectivity index (χ4n) is 3.22. The number of carbonyl (C=O) groups is 1. The largest absolute Gasteiger partial charge is 0.489 e. The number of nitro groups is 1. The van der Waals surface area contributed by atoms with E-state index < -0.39 is 4.92 Å². The number of amides is 1. The van der Waals surface area contributed by atoms with Crippen LogP contribution in [0.1, 0.15) is 16.7 Å². The molecule has 3 aromatic rings. The zero-order chi connectivity index (χ0) is 22.5. The number of nitrogens with zero attached hydrogens (tertiary/aromatic N) is 2. The Morgan fingerprint density at radius 3 is 2.56 bits per heavy atom. The molecule has 6 nitrogen and oxygen atoms in total. The summed E-state index contributed by atoms with van der Waals surface area (Å²) in [5.41, 5.74) is 2.30. The van der Waals surface area contributed by atoms with Crippen molar-refractivity contribution in [2.75, 3.05) is 0 Å². The van der Waals surface area contributed by atoms with Crippen LogP contribution < -0.4 is 4.74 Å². The Bertz CT molecular complexity index is 1210. The lowest BCUT2D eigenvalue weighted by molar-refractivity contribution is -0.385. The van der Waals surface area contributed by atoms with Crippen LogP contribution >= 0.6 is 24.0 Å². The lowest BCUT2D eigenvalue weighted by Gasteiger charge is -2.14. The molecule has 1 aliphatic heterocycles. The molecule has 1 fully saturated rings. The van der Waals surface area contributed by atoms with Gasteiger partial charge in [-0.2, -0.15) is 0 Å². The molecule has 3 aromatic carbocycles. The van der Waals surface area contributed by atoms with E-state index in [1.807, 2.05) is 42.5 Å². The minimum Gasteiger partial charge on any atom is -0.489 e. The molecule has 8 heteroatoms. The van der Waals surface area contributed by atoms with Gasteiger partial charge in [-0.15, -0.1) is 0 Å². The number of nitro benzene ring substituents is 1. The minimum absolute atomic E-state index is 0.0192. The number of carbonyl (C=O) groups excluding carboxylic acids is 1. The lowest BCUT2D eigenvalue weighted by Crippen LogP contribution is -2.27. The highest BCUT2D eigenvalue weighted by Crippen LogP contribution is 2.34. The Kier molecular flexibility index (Phi) is 6.63. The number of hydrogen-bond acceptors (Lipinski definition) is 6. The van der Waals surface area contributed by atoms with Gasteiger partial charge in [-0.25, -0.2) is 0 Å². The van der Waals surface area contributed by atoms with Crippen LogP contribution in [0.2, 0.25) is 0 Å². The van der Waals surface area contributed by atoms with E-state index in [0.29, 0.717) is 27.1 Å². The van der Waals surface area contributed by atoms with Crippen molar-refractivity contribution < 1.29 is 14.5 Å². The Morgan fingerprint density at radius 1 is 1.03 bits per heavy atom. The van der Waals surface area contributed by atoms with Gasteiger partial charge in [-0.3, -0.25) is 19.8 Å². The number of ether oxygens (including phenoxy) is 1. The lowest BCUT2D eigenvalue weighted by atomic mass is 10.2. The van der Waals surface area contributed by atoms with Crippen molar-refractivity contribution in [3.05, 3.63) is 111 Å². The summed E-state index contributed by atoms with van der Waals surface area (Å²) >= 11 is 6.68. The van der Waals surface area contributed by atoms with Crippen LogP contribution in [0.25, 0.3) is 6.08 Å². The first-order chi connectivity index (χ1) is 15.5. The van der Waals surface area contributed by atoms with Crippen LogP contribution in [0.5, 0.6) is 5.75 Å². The van der Waals surface area contributed by atoms with E-state index in [1.165, 1.54) is 17.8 Å². The van der Waals surface area contributed by atoms with Gasteiger partial charge < -0.3 is 4.74 Å². The molecule has 1 heterocycles. The highest BCUT2D eigenvalue weighted by atomic mass is 32.2. The van der Waals surface area contributed by atoms with Gasteiger partial charge in [0.15, 0.2) is 0 Å². The molecular weight excluding hydrogens is 444 g/mol. The normalized spacial score (nSPS) is 14.8. The molecule has 0 atom stereocenters. The van der Waals surface area contributed by atoms with E-state index in [1.54, 1.807) is 41.3 Å². The molecule has 0 bridgehead atoms. The highest BCUT2D eigenvalue weighted by molar-refractivity contribution is 8.26. The molecule has 160 valence electrons. The van der Waals surface area contributed by atoms with Crippen LogP contribution in [-0.2, 0) is 17.9 Å². The molecule has 0 radical (unpaired) electrons. The number of para-hydroxylation sites is 1. The smallest absolute Gasteiger partial charge is 0.276 e. The molecule has 0 saturated carbocycles. The second-order valence-corrected chi connectivity index (χ2v) is 8.68. The zero-order valence-corrected chi connectivity index (χ0v) is 18.5. The maximum atomic E-state index is 12.9. The highest BCUT2D eigenvalue weighted by Gasteiger charge is 2.31. The van der Waals surface area contributed by atoms with E-state index in [-0.39, 0.29) is 18.2 Å². The standard InChI is InChI=1S/C24H18N2O4S2/c27-23-22(32-24(31)25(23)15-17-7-2-1-3-8-17)14-18-9-6-11-20(13-18)30-16-19-10-4-5-12-21(19)26(28)29/h1-14H,15-16H2/b22-14-. The second-order valence-electron chi connectivity index (χ2n) is 7.00. The van der Waals surface area contributed by atoms with Crippen LogP contribution in [0.4, 0.5) is 5.69 Å². The summed E-state index contributed by atoms with van der Waals surface area (Å²) in [5.74, 6) is 0.423. The summed E-state index contributed by atoms with van der Waals surface area (Å²) in [4.78, 5) is 25.8. The van der Waals surface area contributed by atoms with Crippen molar-refractivity contribution in [1.82, 2.24) is 4.90 Å². The van der Waals surface area contributed by atoms with Crippen LogP contribution in [0.3, 0.4) is 0 Å². The Morgan fingerprint density at radius 2 is 1.78 bits per heavy atom. The van der Waals surface area contributed by atoms with E-state index in [2.05, 4.69) is 0 Å². The van der Waals surface area contributed by atoms with E-state index in [0.717, 1.165) is 11.1 Å². The minimum atomic E-state index is -0.424. The van der Waals surface area contributed by atoms with Gasteiger partial charge >= 0.3 is 0 Å². The van der Waals surface area contributed by atoms with Crippen molar-refractivity contribution in [3.63, 3.8) is 0 Å². The number of rotatable bonds is 7.